The Morgan fingerprint density at radius 2 is 1.85 bits per heavy atom. The van der Waals surface area contributed by atoms with Gasteiger partial charge in [-0.05, 0) is 35.6 Å². The van der Waals surface area contributed by atoms with Gasteiger partial charge < -0.3 is 19.7 Å². The number of fused-ring (bicyclic) bond motifs is 1. The maximum absolute atomic E-state index is 13.1. The lowest BCUT2D eigenvalue weighted by atomic mass is 10.2. The molecule has 0 saturated heterocycles. The van der Waals surface area contributed by atoms with Crippen molar-refractivity contribution in [3.8, 4) is 11.5 Å². The number of carbonyl (C=O) groups is 2. The zero-order valence-electron chi connectivity index (χ0n) is 18.2. The van der Waals surface area contributed by atoms with Gasteiger partial charge in [0.25, 0.3) is 5.91 Å². The van der Waals surface area contributed by atoms with E-state index in [4.69, 9.17) is 9.47 Å². The van der Waals surface area contributed by atoms with Crippen molar-refractivity contribution in [2.45, 2.75) is 12.8 Å². The van der Waals surface area contributed by atoms with Crippen LogP contribution in [0.2, 0.25) is 0 Å². The molecule has 1 aromatic heterocycles. The lowest BCUT2D eigenvalue weighted by Gasteiger charge is -2.24. The van der Waals surface area contributed by atoms with Crippen LogP contribution in [0.5, 0.6) is 11.5 Å². The average molecular weight is 463 g/mol. The molecule has 4 rings (SSSR count). The maximum atomic E-state index is 13.1. The fraction of sp³-hybridized carbons (Fsp3) is 0.231. The number of hydrogen-bond acceptors (Lipinski definition) is 5. The van der Waals surface area contributed by atoms with Crippen molar-refractivity contribution in [1.82, 2.24) is 5.32 Å². The highest BCUT2D eigenvalue weighted by Crippen LogP contribution is 2.34. The summed E-state index contributed by atoms with van der Waals surface area (Å²) < 4.78 is 11.3. The largest absolute Gasteiger partial charge is 0.486 e. The van der Waals surface area contributed by atoms with Gasteiger partial charge in [-0.15, -0.1) is 0 Å². The Bertz CT molecular complexity index is 1100. The lowest BCUT2D eigenvalue weighted by molar-refractivity contribution is -0.118. The predicted octanol–water partition coefficient (Wildman–Crippen LogP) is 4.78. The minimum atomic E-state index is -0.113. The van der Waals surface area contributed by atoms with Crippen LogP contribution in [-0.4, -0.2) is 38.1 Å². The maximum Gasteiger partial charge on any atom is 0.252 e. The van der Waals surface area contributed by atoms with Crippen molar-refractivity contribution in [2.75, 3.05) is 31.2 Å². The van der Waals surface area contributed by atoms with Crippen LogP contribution in [0.4, 0.5) is 5.69 Å². The smallest absolute Gasteiger partial charge is 0.252 e. The van der Waals surface area contributed by atoms with E-state index in [1.165, 1.54) is 11.3 Å². The Morgan fingerprint density at radius 3 is 2.64 bits per heavy atom. The molecule has 1 aliphatic heterocycles. The summed E-state index contributed by atoms with van der Waals surface area (Å²) in [6.07, 6.45) is 4.84. The Morgan fingerprint density at radius 1 is 1.03 bits per heavy atom. The first-order valence-corrected chi connectivity index (χ1v) is 11.9. The summed E-state index contributed by atoms with van der Waals surface area (Å²) in [7, 11) is 0. The van der Waals surface area contributed by atoms with Crippen LogP contribution in [-0.2, 0) is 4.79 Å². The Hall–Kier alpha value is -3.58. The molecule has 0 unspecified atom stereocenters. The van der Waals surface area contributed by atoms with Crippen LogP contribution in [0, 0.1) is 0 Å². The van der Waals surface area contributed by atoms with Crippen molar-refractivity contribution in [1.29, 1.82) is 0 Å². The molecule has 2 heterocycles. The fourth-order valence-corrected chi connectivity index (χ4v) is 4.12. The van der Waals surface area contributed by atoms with Crippen LogP contribution >= 0.6 is 11.3 Å². The molecule has 33 heavy (non-hydrogen) atoms. The van der Waals surface area contributed by atoms with Gasteiger partial charge in [0.2, 0.25) is 5.91 Å². The Labute approximate surface area is 197 Å². The molecule has 0 bridgehead atoms. The molecule has 0 aliphatic carbocycles. The molecule has 0 saturated carbocycles. The fourth-order valence-electron chi connectivity index (χ4n) is 3.48. The van der Waals surface area contributed by atoms with E-state index >= 15 is 0 Å². The zero-order valence-corrected chi connectivity index (χ0v) is 19.1. The molecule has 0 fully saturated rings. The number of nitrogens with one attached hydrogen (secondary N) is 1. The number of hydrogen-bond donors (Lipinski definition) is 1. The van der Waals surface area contributed by atoms with E-state index in [0.29, 0.717) is 56.2 Å². The highest BCUT2D eigenvalue weighted by molar-refractivity contribution is 7.08. The third-order valence-electron chi connectivity index (χ3n) is 5.17. The summed E-state index contributed by atoms with van der Waals surface area (Å²) in [5, 5.41) is 6.55. The highest BCUT2D eigenvalue weighted by atomic mass is 32.1. The third-order valence-corrected chi connectivity index (χ3v) is 5.86. The van der Waals surface area contributed by atoms with Gasteiger partial charge in [0, 0.05) is 42.2 Å². The summed E-state index contributed by atoms with van der Waals surface area (Å²) in [5.41, 5.74) is 2.47. The first-order valence-electron chi connectivity index (χ1n) is 10.9. The molecule has 0 spiro atoms. The van der Waals surface area contributed by atoms with E-state index in [9.17, 15) is 9.59 Å². The molecule has 3 aromatic rings. The number of benzene rings is 2. The predicted molar refractivity (Wildman–Crippen MR) is 131 cm³/mol. The van der Waals surface area contributed by atoms with E-state index in [1.54, 1.807) is 11.0 Å². The minimum Gasteiger partial charge on any atom is -0.486 e. The van der Waals surface area contributed by atoms with Gasteiger partial charge in [-0.2, -0.15) is 11.3 Å². The van der Waals surface area contributed by atoms with Gasteiger partial charge in [0.05, 0.1) is 0 Å². The highest BCUT2D eigenvalue weighted by Gasteiger charge is 2.19. The number of carbonyl (C=O) groups excluding carboxylic acids is 2. The first kappa shape index (κ1) is 22.6. The van der Waals surface area contributed by atoms with Crippen molar-refractivity contribution in [3.05, 3.63) is 82.6 Å². The number of nitrogens with zero attached hydrogens (tertiary/aromatic N) is 1. The summed E-state index contributed by atoms with van der Waals surface area (Å²) in [6.45, 7) is 1.87. The number of amides is 2. The van der Waals surface area contributed by atoms with E-state index in [0.717, 1.165) is 11.3 Å². The molecule has 0 atom stereocenters. The Balaban J connectivity index is 1.40. The van der Waals surface area contributed by atoms with Crippen LogP contribution in [0.1, 0.15) is 28.8 Å². The van der Waals surface area contributed by atoms with Crippen molar-refractivity contribution in [3.63, 3.8) is 0 Å². The third kappa shape index (κ3) is 6.23. The van der Waals surface area contributed by atoms with Crippen LogP contribution in [0.3, 0.4) is 0 Å². The number of thiophene rings is 1. The molecule has 170 valence electrons. The second kappa shape index (κ2) is 11.3. The van der Waals surface area contributed by atoms with Crippen LogP contribution < -0.4 is 19.7 Å². The van der Waals surface area contributed by atoms with Gasteiger partial charge in [-0.3, -0.25) is 9.59 Å². The normalized spacial score (nSPS) is 12.5. The van der Waals surface area contributed by atoms with Gasteiger partial charge in [0.15, 0.2) is 11.5 Å². The summed E-state index contributed by atoms with van der Waals surface area (Å²) in [4.78, 5) is 27.0. The molecular weight excluding hydrogens is 436 g/mol. The van der Waals surface area contributed by atoms with Gasteiger partial charge in [-0.25, -0.2) is 0 Å². The number of ether oxygens (including phenoxy) is 2. The number of anilines is 1. The Kier molecular flexibility index (Phi) is 7.76. The van der Waals surface area contributed by atoms with E-state index in [-0.39, 0.29) is 11.8 Å². The van der Waals surface area contributed by atoms with E-state index in [2.05, 4.69) is 5.32 Å². The van der Waals surface area contributed by atoms with E-state index in [1.807, 2.05) is 71.4 Å². The van der Waals surface area contributed by atoms with Gasteiger partial charge in [0.1, 0.15) is 13.2 Å². The topological polar surface area (TPSA) is 67.9 Å². The van der Waals surface area contributed by atoms with Crippen LogP contribution in [0.15, 0.2) is 71.4 Å². The molecule has 6 nitrogen and oxygen atoms in total. The second-order valence-electron chi connectivity index (χ2n) is 7.52. The molecule has 0 radical (unpaired) electrons. The number of rotatable bonds is 9. The lowest BCUT2D eigenvalue weighted by Crippen LogP contribution is -2.32. The molecule has 1 N–H and O–H groups in total. The standard InChI is InChI=1S/C26H26N2O4S/c29-25(9-4-13-27-26(30)21-12-17-33-19-21)28(14-5-8-20-6-2-1-3-7-20)22-10-11-23-24(18-22)32-16-15-31-23/h1-3,5-8,10-12,17-19H,4,9,13-16H2,(H,27,30)/b8-5+. The summed E-state index contributed by atoms with van der Waals surface area (Å²) in [6, 6.07) is 17.3. The van der Waals surface area contributed by atoms with Crippen LogP contribution in [0.25, 0.3) is 6.08 Å². The zero-order chi connectivity index (χ0) is 22.9. The van der Waals surface area contributed by atoms with Crippen molar-refractivity contribution >= 4 is 34.9 Å². The summed E-state index contributed by atoms with van der Waals surface area (Å²) in [5.74, 6) is 1.20. The average Bonchev–Trinajstić information content (AvgIpc) is 3.40. The van der Waals surface area contributed by atoms with Crippen molar-refractivity contribution in [2.24, 2.45) is 0 Å². The first-order chi connectivity index (χ1) is 16.2. The van der Waals surface area contributed by atoms with Gasteiger partial charge >= 0.3 is 0 Å². The monoisotopic (exact) mass is 462 g/mol. The van der Waals surface area contributed by atoms with E-state index < -0.39 is 0 Å². The summed E-state index contributed by atoms with van der Waals surface area (Å²) >= 11 is 1.48. The second-order valence-corrected chi connectivity index (χ2v) is 8.30. The SMILES string of the molecule is O=C(NCCCC(=O)N(C/C=C/c1ccccc1)c1ccc2c(c1)OCCO2)c1ccsc1. The molecule has 1 aliphatic rings. The molecule has 2 aromatic carbocycles. The minimum absolute atomic E-state index is 0.0193. The van der Waals surface area contributed by atoms with Gasteiger partial charge in [-0.1, -0.05) is 42.5 Å². The molecule has 2 amide bonds. The quantitative estimate of drug-likeness (QED) is 0.465. The molecule has 7 heteroatoms. The molecular formula is C26H26N2O4S. The van der Waals surface area contributed by atoms with Crippen molar-refractivity contribution < 1.29 is 19.1 Å².